The summed E-state index contributed by atoms with van der Waals surface area (Å²) >= 11 is 9.75. The fourth-order valence-corrected chi connectivity index (χ4v) is 4.82. The van der Waals surface area contributed by atoms with Crippen LogP contribution in [0.5, 0.6) is 0 Å². The molecule has 0 spiro atoms. The third-order valence-corrected chi connectivity index (χ3v) is 5.95. The van der Waals surface area contributed by atoms with Gasteiger partial charge in [0.2, 0.25) is 0 Å². The molecule has 2 amide bonds. The number of hydrogen-bond acceptors (Lipinski definition) is 7. The number of rotatable bonds is 8. The number of anilines is 1. The average Bonchev–Trinajstić information content (AvgIpc) is 2.62. The van der Waals surface area contributed by atoms with Gasteiger partial charge in [0.25, 0.3) is 11.8 Å². The SMILES string of the molecule is Nc1c(Cl)c(C(=O)NC(CO)CO)c(I)c(C(=O)NC(CO)CO)c1I. The number of nitrogen functional groups attached to an aromatic ring is 1. The van der Waals surface area contributed by atoms with Crippen LogP contribution in [0, 0.1) is 7.14 Å². The molecule has 146 valence electrons. The smallest absolute Gasteiger partial charge is 0.254 e. The van der Waals surface area contributed by atoms with Gasteiger partial charge in [0.1, 0.15) is 0 Å². The minimum Gasteiger partial charge on any atom is -0.397 e. The van der Waals surface area contributed by atoms with Gasteiger partial charge in [-0.3, -0.25) is 9.59 Å². The molecule has 0 fully saturated rings. The second-order valence-electron chi connectivity index (χ2n) is 5.18. The number of nitrogens with two attached hydrogens (primary N) is 1. The van der Waals surface area contributed by atoms with Crippen molar-refractivity contribution >= 4 is 74.3 Å². The van der Waals surface area contributed by atoms with Crippen LogP contribution in [0.15, 0.2) is 0 Å². The lowest BCUT2D eigenvalue weighted by Crippen LogP contribution is -2.42. The first-order valence-electron chi connectivity index (χ1n) is 7.24. The van der Waals surface area contributed by atoms with Crippen molar-refractivity contribution in [2.24, 2.45) is 0 Å². The molecule has 0 saturated carbocycles. The van der Waals surface area contributed by atoms with E-state index >= 15 is 0 Å². The van der Waals surface area contributed by atoms with Gasteiger partial charge in [-0.05, 0) is 45.2 Å². The van der Waals surface area contributed by atoms with E-state index in [1.165, 1.54) is 0 Å². The summed E-state index contributed by atoms with van der Waals surface area (Å²) in [5, 5.41) is 41.2. The topological polar surface area (TPSA) is 165 Å². The van der Waals surface area contributed by atoms with Crippen molar-refractivity contribution in [1.29, 1.82) is 0 Å². The average molecular weight is 614 g/mol. The molecule has 1 rings (SSSR count). The van der Waals surface area contributed by atoms with Crippen LogP contribution in [0.3, 0.4) is 0 Å². The Morgan fingerprint density at radius 2 is 1.27 bits per heavy atom. The molecular weight excluding hydrogens is 595 g/mol. The van der Waals surface area contributed by atoms with Crippen LogP contribution in [-0.4, -0.2) is 70.8 Å². The van der Waals surface area contributed by atoms with Crippen molar-refractivity contribution < 1.29 is 30.0 Å². The lowest BCUT2D eigenvalue weighted by molar-refractivity contribution is 0.0875. The normalized spacial score (nSPS) is 11.1. The molecule has 0 bridgehead atoms. The molecule has 0 radical (unpaired) electrons. The van der Waals surface area contributed by atoms with Crippen LogP contribution in [0.4, 0.5) is 5.69 Å². The summed E-state index contributed by atoms with van der Waals surface area (Å²) in [5.41, 5.74) is 5.92. The highest BCUT2D eigenvalue weighted by atomic mass is 127. The zero-order valence-corrected chi connectivity index (χ0v) is 18.4. The van der Waals surface area contributed by atoms with Crippen molar-refractivity contribution in [3.8, 4) is 0 Å². The van der Waals surface area contributed by atoms with E-state index in [-0.39, 0.29) is 25.4 Å². The molecule has 1 aromatic rings. The van der Waals surface area contributed by atoms with Crippen molar-refractivity contribution in [2.45, 2.75) is 12.1 Å². The van der Waals surface area contributed by atoms with E-state index in [2.05, 4.69) is 10.6 Å². The van der Waals surface area contributed by atoms with Gasteiger partial charge in [-0.2, -0.15) is 0 Å². The Labute approximate surface area is 181 Å². The Morgan fingerprint density at radius 3 is 1.65 bits per heavy atom. The second kappa shape index (κ2) is 10.8. The molecule has 12 heteroatoms. The predicted molar refractivity (Wildman–Crippen MR) is 112 cm³/mol. The largest absolute Gasteiger partial charge is 0.397 e. The predicted octanol–water partition coefficient (Wildman–Crippen LogP) is -0.703. The lowest BCUT2D eigenvalue weighted by atomic mass is 10.1. The highest BCUT2D eigenvalue weighted by Gasteiger charge is 2.28. The summed E-state index contributed by atoms with van der Waals surface area (Å²) < 4.78 is 0.506. The standard InChI is InChI=1S/C14H18ClI2N3O6/c15-9-7(13(25)19-5(1-21)2-22)10(16)8(11(17)12(9)18)14(26)20-6(3-23)4-24/h5-6,21-24H,1-4,18H2,(H,19,25)(H,20,26). The Kier molecular flexibility index (Phi) is 9.77. The second-order valence-corrected chi connectivity index (χ2v) is 7.71. The zero-order chi connectivity index (χ0) is 20.0. The molecule has 0 saturated heterocycles. The summed E-state index contributed by atoms with van der Waals surface area (Å²) in [5.74, 6) is -1.37. The lowest BCUT2D eigenvalue weighted by Gasteiger charge is -2.20. The van der Waals surface area contributed by atoms with Gasteiger partial charge < -0.3 is 36.8 Å². The van der Waals surface area contributed by atoms with Crippen molar-refractivity contribution in [3.63, 3.8) is 0 Å². The highest BCUT2D eigenvalue weighted by Crippen LogP contribution is 2.36. The minimum atomic E-state index is -0.902. The number of nitrogens with one attached hydrogen (secondary N) is 2. The fraction of sp³-hybridized carbons (Fsp3) is 0.429. The Balaban J connectivity index is 3.40. The molecule has 0 atom stereocenters. The quantitative estimate of drug-likeness (QED) is 0.151. The fourth-order valence-electron chi connectivity index (χ4n) is 1.90. The highest BCUT2D eigenvalue weighted by molar-refractivity contribution is 14.1. The van der Waals surface area contributed by atoms with Gasteiger partial charge in [-0.1, -0.05) is 11.6 Å². The first-order chi connectivity index (χ1) is 12.2. The van der Waals surface area contributed by atoms with Gasteiger partial charge >= 0.3 is 0 Å². The number of aliphatic hydroxyl groups is 4. The summed E-state index contributed by atoms with van der Waals surface area (Å²) in [6, 6.07) is -1.78. The summed E-state index contributed by atoms with van der Waals surface area (Å²) in [4.78, 5) is 25.0. The summed E-state index contributed by atoms with van der Waals surface area (Å²) in [6.45, 7) is -1.92. The number of amides is 2. The molecule has 9 nitrogen and oxygen atoms in total. The first-order valence-corrected chi connectivity index (χ1v) is 9.77. The molecule has 1 aromatic carbocycles. The number of benzene rings is 1. The van der Waals surface area contributed by atoms with Crippen LogP contribution >= 0.6 is 56.8 Å². The first kappa shape index (κ1) is 23.6. The van der Waals surface area contributed by atoms with E-state index in [1.807, 2.05) is 22.6 Å². The van der Waals surface area contributed by atoms with Crippen molar-refractivity contribution in [1.82, 2.24) is 10.6 Å². The molecule has 0 aliphatic heterocycles. The molecule has 0 unspecified atom stereocenters. The van der Waals surface area contributed by atoms with Gasteiger partial charge in [0.15, 0.2) is 0 Å². The maximum Gasteiger partial charge on any atom is 0.254 e. The monoisotopic (exact) mass is 613 g/mol. The van der Waals surface area contributed by atoms with Crippen LogP contribution in [0.2, 0.25) is 5.02 Å². The number of halogens is 3. The zero-order valence-electron chi connectivity index (χ0n) is 13.3. The summed E-state index contributed by atoms with van der Waals surface area (Å²) in [7, 11) is 0. The van der Waals surface area contributed by atoms with Crippen molar-refractivity contribution in [2.75, 3.05) is 32.2 Å². The number of carbonyl (C=O) groups is 2. The van der Waals surface area contributed by atoms with Gasteiger partial charge in [-0.15, -0.1) is 0 Å². The van der Waals surface area contributed by atoms with E-state index in [1.54, 1.807) is 22.6 Å². The third-order valence-electron chi connectivity index (χ3n) is 3.36. The van der Waals surface area contributed by atoms with Gasteiger partial charge in [0.05, 0.1) is 63.9 Å². The molecule has 26 heavy (non-hydrogen) atoms. The Morgan fingerprint density at radius 1 is 0.885 bits per heavy atom. The van der Waals surface area contributed by atoms with E-state index in [0.717, 1.165) is 0 Å². The van der Waals surface area contributed by atoms with Crippen LogP contribution in [-0.2, 0) is 0 Å². The number of carbonyl (C=O) groups excluding carboxylic acids is 2. The van der Waals surface area contributed by atoms with E-state index in [9.17, 15) is 9.59 Å². The van der Waals surface area contributed by atoms with E-state index in [0.29, 0.717) is 3.57 Å². The molecule has 0 aromatic heterocycles. The molecule has 0 aliphatic carbocycles. The third kappa shape index (κ3) is 5.30. The molecule has 8 N–H and O–H groups in total. The maximum atomic E-state index is 12.5. The summed E-state index contributed by atoms with van der Waals surface area (Å²) in [6.07, 6.45) is 0. The number of hydrogen-bond donors (Lipinski definition) is 7. The van der Waals surface area contributed by atoms with Crippen LogP contribution < -0.4 is 16.4 Å². The van der Waals surface area contributed by atoms with Crippen LogP contribution in [0.1, 0.15) is 20.7 Å². The maximum absolute atomic E-state index is 12.5. The van der Waals surface area contributed by atoms with Gasteiger partial charge in [-0.25, -0.2) is 0 Å². The molecule has 0 aliphatic rings. The van der Waals surface area contributed by atoms with Gasteiger partial charge in [0, 0.05) is 3.57 Å². The molecule has 0 heterocycles. The molecular formula is C14H18ClI2N3O6. The van der Waals surface area contributed by atoms with Crippen LogP contribution in [0.25, 0.3) is 0 Å². The number of aliphatic hydroxyl groups excluding tert-OH is 4. The van der Waals surface area contributed by atoms with Crippen molar-refractivity contribution in [3.05, 3.63) is 23.3 Å². The minimum absolute atomic E-state index is 0.0112. The van der Waals surface area contributed by atoms with E-state index in [4.69, 9.17) is 37.8 Å². The van der Waals surface area contributed by atoms with E-state index < -0.39 is 50.3 Å². The Bertz CT molecular complexity index is 630. The Hall–Kier alpha value is -0.450.